The number of nitrogens with one attached hydrogen (secondary N) is 1. The first-order chi connectivity index (χ1) is 16.4. The lowest BCUT2D eigenvalue weighted by atomic mass is 9.99. The Morgan fingerprint density at radius 2 is 1.53 bits per heavy atom. The number of aryl methyl sites for hydroxylation is 2. The number of hydrogen-bond donors (Lipinski definition) is 2. The zero-order chi connectivity index (χ0) is 23.8. The van der Waals surface area contributed by atoms with Crippen LogP contribution in [0.3, 0.4) is 0 Å². The zero-order valence-corrected chi connectivity index (χ0v) is 18.6. The number of halogens is 1. The van der Waals surface area contributed by atoms with Gasteiger partial charge in [0, 0.05) is 11.6 Å². The monoisotopic (exact) mass is 452 g/mol. The summed E-state index contributed by atoms with van der Waals surface area (Å²) in [6.45, 7) is 3.76. The Labute approximate surface area is 195 Å². The van der Waals surface area contributed by atoms with Gasteiger partial charge in [0.1, 0.15) is 11.6 Å². The van der Waals surface area contributed by atoms with Gasteiger partial charge >= 0.3 is 5.97 Å². The predicted octanol–water partition coefficient (Wildman–Crippen LogP) is 7.14. The maximum Gasteiger partial charge on any atom is 0.336 e. The SMILES string of the molecule is Cc1ccc(-c2ccc(-c3cc4nc(Oc5ccc(C)c(C(=O)O)c5)[nH]c4cc3F)cc2)cc1. The molecule has 4 aromatic carbocycles. The minimum Gasteiger partial charge on any atom is -0.478 e. The standard InChI is InChI=1S/C28H21FN2O3/c1-16-3-6-18(7-4-16)19-8-10-20(11-9-19)23-14-25-26(15-24(23)29)31-28(30-25)34-21-12-5-17(2)22(13-21)27(32)33/h3-15H,1-2H3,(H,30,31)(H,32,33). The van der Waals surface area contributed by atoms with E-state index in [0.29, 0.717) is 27.9 Å². The van der Waals surface area contributed by atoms with E-state index in [2.05, 4.69) is 34.2 Å². The van der Waals surface area contributed by atoms with E-state index in [1.165, 1.54) is 17.7 Å². The van der Waals surface area contributed by atoms with Crippen molar-refractivity contribution in [1.82, 2.24) is 9.97 Å². The lowest BCUT2D eigenvalue weighted by Gasteiger charge is -2.07. The summed E-state index contributed by atoms with van der Waals surface area (Å²) in [4.78, 5) is 18.7. The topological polar surface area (TPSA) is 75.2 Å². The number of carbonyl (C=O) groups is 1. The molecule has 0 amide bonds. The number of hydrogen-bond acceptors (Lipinski definition) is 3. The van der Waals surface area contributed by atoms with Crippen LogP contribution in [0.25, 0.3) is 33.3 Å². The fraction of sp³-hybridized carbons (Fsp3) is 0.0714. The molecule has 5 rings (SSSR count). The highest BCUT2D eigenvalue weighted by Gasteiger charge is 2.14. The third kappa shape index (κ3) is 4.13. The van der Waals surface area contributed by atoms with Crippen molar-refractivity contribution in [2.45, 2.75) is 13.8 Å². The van der Waals surface area contributed by atoms with Gasteiger partial charge in [0.05, 0.1) is 16.6 Å². The first-order valence-corrected chi connectivity index (χ1v) is 10.8. The van der Waals surface area contributed by atoms with Crippen LogP contribution in [-0.2, 0) is 0 Å². The molecule has 1 heterocycles. The van der Waals surface area contributed by atoms with E-state index in [9.17, 15) is 14.3 Å². The van der Waals surface area contributed by atoms with Gasteiger partial charge in [-0.25, -0.2) is 9.18 Å². The summed E-state index contributed by atoms with van der Waals surface area (Å²) < 4.78 is 20.7. The van der Waals surface area contributed by atoms with E-state index in [4.69, 9.17) is 4.74 Å². The van der Waals surface area contributed by atoms with Gasteiger partial charge in [0.2, 0.25) is 0 Å². The normalized spacial score (nSPS) is 11.0. The smallest absolute Gasteiger partial charge is 0.336 e. The molecule has 0 saturated carbocycles. The molecule has 1 aromatic heterocycles. The molecular formula is C28H21FN2O3. The molecule has 0 unspecified atom stereocenters. The first-order valence-electron chi connectivity index (χ1n) is 10.8. The van der Waals surface area contributed by atoms with Gasteiger partial charge in [-0.05, 0) is 54.3 Å². The third-order valence-electron chi connectivity index (χ3n) is 5.78. The molecule has 34 heavy (non-hydrogen) atoms. The Balaban J connectivity index is 1.44. The molecule has 0 atom stereocenters. The van der Waals surface area contributed by atoms with E-state index in [1.807, 2.05) is 31.2 Å². The molecule has 0 aliphatic carbocycles. The second-order valence-corrected chi connectivity index (χ2v) is 8.22. The van der Waals surface area contributed by atoms with E-state index < -0.39 is 5.97 Å². The average molecular weight is 452 g/mol. The molecule has 0 aliphatic rings. The number of rotatable bonds is 5. The number of aromatic nitrogens is 2. The van der Waals surface area contributed by atoms with Crippen LogP contribution in [0.5, 0.6) is 11.8 Å². The summed E-state index contributed by atoms with van der Waals surface area (Å²) in [5, 5.41) is 9.31. The fourth-order valence-corrected chi connectivity index (χ4v) is 3.87. The van der Waals surface area contributed by atoms with Gasteiger partial charge < -0.3 is 14.8 Å². The van der Waals surface area contributed by atoms with Crippen molar-refractivity contribution in [3.63, 3.8) is 0 Å². The van der Waals surface area contributed by atoms with Crippen LogP contribution >= 0.6 is 0 Å². The summed E-state index contributed by atoms with van der Waals surface area (Å²) >= 11 is 0. The number of fused-ring (bicyclic) bond motifs is 1. The molecule has 0 spiro atoms. The van der Waals surface area contributed by atoms with Gasteiger partial charge in [-0.1, -0.05) is 60.2 Å². The van der Waals surface area contributed by atoms with Crippen LogP contribution in [0.2, 0.25) is 0 Å². The molecule has 0 radical (unpaired) electrons. The predicted molar refractivity (Wildman–Crippen MR) is 130 cm³/mol. The minimum atomic E-state index is -1.03. The van der Waals surface area contributed by atoms with Gasteiger partial charge in [-0.2, -0.15) is 4.98 Å². The van der Waals surface area contributed by atoms with E-state index in [0.717, 1.165) is 16.7 Å². The van der Waals surface area contributed by atoms with Crippen molar-refractivity contribution in [3.05, 3.63) is 101 Å². The lowest BCUT2D eigenvalue weighted by Crippen LogP contribution is -2.00. The van der Waals surface area contributed by atoms with Crippen molar-refractivity contribution in [2.24, 2.45) is 0 Å². The molecule has 0 fully saturated rings. The average Bonchev–Trinajstić information content (AvgIpc) is 3.21. The maximum atomic E-state index is 14.9. The van der Waals surface area contributed by atoms with Crippen LogP contribution in [0.1, 0.15) is 21.5 Å². The van der Waals surface area contributed by atoms with Crippen molar-refractivity contribution >= 4 is 17.0 Å². The Morgan fingerprint density at radius 3 is 2.21 bits per heavy atom. The van der Waals surface area contributed by atoms with Crippen LogP contribution in [0.4, 0.5) is 4.39 Å². The summed E-state index contributed by atoms with van der Waals surface area (Å²) in [7, 11) is 0. The first kappa shape index (κ1) is 21.4. The van der Waals surface area contributed by atoms with E-state index in [1.54, 1.807) is 25.1 Å². The van der Waals surface area contributed by atoms with Crippen LogP contribution in [0.15, 0.2) is 78.9 Å². The molecule has 6 heteroatoms. The summed E-state index contributed by atoms with van der Waals surface area (Å²) in [5.74, 6) is -1.09. The minimum absolute atomic E-state index is 0.149. The number of ether oxygens (including phenoxy) is 1. The Bertz CT molecular complexity index is 1520. The molecular weight excluding hydrogens is 431 g/mol. The molecule has 2 N–H and O–H groups in total. The quantitative estimate of drug-likeness (QED) is 0.297. The van der Waals surface area contributed by atoms with E-state index >= 15 is 0 Å². The number of aromatic amines is 1. The van der Waals surface area contributed by atoms with E-state index in [-0.39, 0.29) is 17.4 Å². The Kier molecular flexibility index (Phi) is 5.34. The summed E-state index contributed by atoms with van der Waals surface area (Å²) in [6.07, 6.45) is 0. The van der Waals surface area contributed by atoms with Crippen LogP contribution < -0.4 is 4.74 Å². The molecule has 0 aliphatic heterocycles. The zero-order valence-electron chi connectivity index (χ0n) is 18.6. The molecule has 5 nitrogen and oxygen atoms in total. The van der Waals surface area contributed by atoms with Gasteiger partial charge in [0.25, 0.3) is 6.01 Å². The van der Waals surface area contributed by atoms with Gasteiger partial charge in [-0.15, -0.1) is 0 Å². The largest absolute Gasteiger partial charge is 0.478 e. The summed E-state index contributed by atoms with van der Waals surface area (Å²) in [5.41, 5.74) is 6.33. The van der Waals surface area contributed by atoms with Crippen molar-refractivity contribution < 1.29 is 19.0 Å². The van der Waals surface area contributed by atoms with Gasteiger partial charge in [0.15, 0.2) is 0 Å². The molecule has 0 saturated heterocycles. The summed E-state index contributed by atoms with van der Waals surface area (Å²) in [6, 6.07) is 24.0. The maximum absolute atomic E-state index is 14.9. The fourth-order valence-electron chi connectivity index (χ4n) is 3.87. The number of nitrogens with zero attached hydrogens (tertiary/aromatic N) is 1. The molecule has 168 valence electrons. The lowest BCUT2D eigenvalue weighted by molar-refractivity contribution is 0.0695. The Hall–Kier alpha value is -4.45. The van der Waals surface area contributed by atoms with Crippen molar-refractivity contribution in [2.75, 3.05) is 0 Å². The second kappa shape index (κ2) is 8.48. The van der Waals surface area contributed by atoms with Crippen LogP contribution in [-0.4, -0.2) is 21.0 Å². The highest BCUT2D eigenvalue weighted by Crippen LogP contribution is 2.31. The number of H-pyrrole nitrogens is 1. The highest BCUT2D eigenvalue weighted by atomic mass is 19.1. The van der Waals surface area contributed by atoms with Crippen molar-refractivity contribution in [3.8, 4) is 34.0 Å². The number of aromatic carboxylic acids is 1. The third-order valence-corrected chi connectivity index (χ3v) is 5.78. The number of imidazole rings is 1. The van der Waals surface area contributed by atoms with Gasteiger partial charge in [-0.3, -0.25) is 0 Å². The highest BCUT2D eigenvalue weighted by molar-refractivity contribution is 5.90. The molecule has 0 bridgehead atoms. The number of carboxylic acid groups (broad SMARTS) is 1. The van der Waals surface area contributed by atoms with Crippen molar-refractivity contribution in [1.29, 1.82) is 0 Å². The van der Waals surface area contributed by atoms with Crippen LogP contribution in [0, 0.1) is 19.7 Å². The number of benzene rings is 4. The molecule has 5 aromatic rings. The Morgan fingerprint density at radius 1 is 0.882 bits per heavy atom. The number of carboxylic acids is 1. The second-order valence-electron chi connectivity index (χ2n) is 8.22.